The van der Waals surface area contributed by atoms with E-state index < -0.39 is 10.0 Å². The van der Waals surface area contributed by atoms with Crippen LogP contribution >= 0.6 is 11.3 Å². The minimum atomic E-state index is -3.34. The molecule has 1 heterocycles. The second-order valence-electron chi connectivity index (χ2n) is 6.84. The first-order chi connectivity index (χ1) is 14.8. The van der Waals surface area contributed by atoms with Crippen molar-refractivity contribution in [3.8, 4) is 5.75 Å². The quantitative estimate of drug-likeness (QED) is 0.477. The lowest BCUT2D eigenvalue weighted by atomic mass is 10.2. The molecule has 0 fully saturated rings. The number of sulfonamides is 1. The number of thiazole rings is 1. The van der Waals surface area contributed by atoms with Crippen molar-refractivity contribution >= 4 is 39.0 Å². The Bertz CT molecular complexity index is 1170. The number of aromatic nitrogens is 1. The zero-order valence-corrected chi connectivity index (χ0v) is 18.8. The summed E-state index contributed by atoms with van der Waals surface area (Å²) < 4.78 is 30.8. The number of aryl methyl sites for hydroxylation is 1. The summed E-state index contributed by atoms with van der Waals surface area (Å²) in [6.45, 7) is 2.66. The van der Waals surface area contributed by atoms with Crippen molar-refractivity contribution in [2.75, 3.05) is 11.0 Å². The van der Waals surface area contributed by atoms with Crippen molar-refractivity contribution in [3.05, 3.63) is 81.8 Å². The van der Waals surface area contributed by atoms with Gasteiger partial charge in [0.15, 0.2) is 0 Å². The van der Waals surface area contributed by atoms with E-state index in [-0.39, 0.29) is 12.5 Å². The zero-order valence-electron chi connectivity index (χ0n) is 17.2. The molecule has 0 radical (unpaired) electrons. The van der Waals surface area contributed by atoms with Crippen LogP contribution < -0.4 is 14.8 Å². The Hall–Kier alpha value is -3.17. The van der Waals surface area contributed by atoms with Crippen LogP contribution in [0.4, 0.5) is 5.69 Å². The van der Waals surface area contributed by atoms with Gasteiger partial charge in [-0.25, -0.2) is 13.4 Å². The van der Waals surface area contributed by atoms with Gasteiger partial charge in [-0.2, -0.15) is 0 Å². The number of hydrogen-bond acceptors (Lipinski definition) is 6. The molecule has 0 spiro atoms. The van der Waals surface area contributed by atoms with Crippen molar-refractivity contribution in [1.82, 2.24) is 10.3 Å². The lowest BCUT2D eigenvalue weighted by Gasteiger charge is -2.07. The van der Waals surface area contributed by atoms with Crippen LogP contribution in [0, 0.1) is 6.92 Å². The SMILES string of the molecule is Cc1nc(COc2ccc(/C=C/C(=O)NCc3cccc(NS(C)(=O)=O)c3)cc2)cs1. The van der Waals surface area contributed by atoms with Crippen LogP contribution in [0.15, 0.2) is 60.0 Å². The molecule has 3 rings (SSSR count). The fourth-order valence-corrected chi connectivity index (χ4v) is 3.84. The first-order valence-electron chi connectivity index (χ1n) is 9.43. The third kappa shape index (κ3) is 7.88. The molecule has 0 aliphatic heterocycles. The first kappa shape index (κ1) is 22.5. The predicted octanol–water partition coefficient (Wildman–Crippen LogP) is 3.73. The summed E-state index contributed by atoms with van der Waals surface area (Å²) in [7, 11) is -3.34. The van der Waals surface area contributed by atoms with Crippen LogP contribution in [0.2, 0.25) is 0 Å². The molecule has 0 saturated carbocycles. The molecule has 0 bridgehead atoms. The molecule has 7 nitrogen and oxygen atoms in total. The topological polar surface area (TPSA) is 97.4 Å². The predicted molar refractivity (Wildman–Crippen MR) is 123 cm³/mol. The standard InChI is InChI=1S/C22H23N3O4S2/c1-16-24-20(15-30-16)14-29-21-9-6-17(7-10-21)8-11-22(26)23-13-18-4-3-5-19(12-18)25-31(2,27)28/h3-12,15,25H,13-14H2,1-2H3,(H,23,26)/b11-8+. The summed E-state index contributed by atoms with van der Waals surface area (Å²) in [6, 6.07) is 14.3. The third-order valence-electron chi connectivity index (χ3n) is 4.06. The number of rotatable bonds is 9. The number of nitrogens with one attached hydrogen (secondary N) is 2. The molecule has 0 atom stereocenters. The fourth-order valence-electron chi connectivity index (χ4n) is 2.69. The van der Waals surface area contributed by atoms with Gasteiger partial charge in [0.2, 0.25) is 15.9 Å². The largest absolute Gasteiger partial charge is 0.487 e. The maximum Gasteiger partial charge on any atom is 0.244 e. The molecule has 1 aromatic heterocycles. The highest BCUT2D eigenvalue weighted by Crippen LogP contribution is 2.16. The molecule has 9 heteroatoms. The highest BCUT2D eigenvalue weighted by atomic mass is 32.2. The molecule has 0 aliphatic carbocycles. The Morgan fingerprint density at radius 2 is 1.97 bits per heavy atom. The number of amides is 1. The molecule has 3 aromatic rings. The van der Waals surface area contributed by atoms with E-state index in [0.29, 0.717) is 12.3 Å². The average Bonchev–Trinajstić information content (AvgIpc) is 3.14. The van der Waals surface area contributed by atoms with E-state index in [2.05, 4.69) is 15.0 Å². The molecular formula is C22H23N3O4S2. The van der Waals surface area contributed by atoms with Gasteiger partial charge in [0, 0.05) is 23.7 Å². The van der Waals surface area contributed by atoms with Gasteiger partial charge < -0.3 is 10.1 Å². The summed E-state index contributed by atoms with van der Waals surface area (Å²) in [5, 5.41) is 5.76. The van der Waals surface area contributed by atoms with E-state index >= 15 is 0 Å². The number of carbonyl (C=O) groups excluding carboxylic acids is 1. The monoisotopic (exact) mass is 457 g/mol. The van der Waals surface area contributed by atoms with E-state index in [9.17, 15) is 13.2 Å². The van der Waals surface area contributed by atoms with Gasteiger partial charge in [-0.3, -0.25) is 9.52 Å². The van der Waals surface area contributed by atoms with Crippen molar-refractivity contribution in [3.63, 3.8) is 0 Å². The molecule has 162 valence electrons. The van der Waals surface area contributed by atoms with Crippen LogP contribution in [0.3, 0.4) is 0 Å². The van der Waals surface area contributed by atoms with Gasteiger partial charge in [0.25, 0.3) is 0 Å². The van der Waals surface area contributed by atoms with Crippen LogP contribution in [-0.4, -0.2) is 25.6 Å². The molecule has 2 N–H and O–H groups in total. The summed E-state index contributed by atoms with van der Waals surface area (Å²) in [5.41, 5.74) is 3.01. The average molecular weight is 458 g/mol. The van der Waals surface area contributed by atoms with E-state index in [1.807, 2.05) is 42.6 Å². The zero-order chi connectivity index (χ0) is 22.3. The number of benzene rings is 2. The molecule has 2 aromatic carbocycles. The van der Waals surface area contributed by atoms with Gasteiger partial charge >= 0.3 is 0 Å². The summed E-state index contributed by atoms with van der Waals surface area (Å²) >= 11 is 1.59. The summed E-state index contributed by atoms with van der Waals surface area (Å²) in [4.78, 5) is 16.5. The van der Waals surface area contributed by atoms with Gasteiger partial charge in [-0.15, -0.1) is 11.3 Å². The highest BCUT2D eigenvalue weighted by molar-refractivity contribution is 7.92. The smallest absolute Gasteiger partial charge is 0.244 e. The number of nitrogens with zero attached hydrogens (tertiary/aromatic N) is 1. The van der Waals surface area contributed by atoms with E-state index in [1.54, 1.807) is 35.6 Å². The maximum absolute atomic E-state index is 12.1. The van der Waals surface area contributed by atoms with Crippen LogP contribution in [0.1, 0.15) is 21.8 Å². The number of carbonyl (C=O) groups is 1. The van der Waals surface area contributed by atoms with E-state index in [4.69, 9.17) is 4.74 Å². The first-order valence-corrected chi connectivity index (χ1v) is 12.2. The minimum Gasteiger partial charge on any atom is -0.487 e. The molecular weight excluding hydrogens is 434 g/mol. The van der Waals surface area contributed by atoms with Gasteiger partial charge in [0.05, 0.1) is 17.0 Å². The summed E-state index contributed by atoms with van der Waals surface area (Å²) in [5.74, 6) is 0.482. The third-order valence-corrected chi connectivity index (χ3v) is 5.49. The molecule has 31 heavy (non-hydrogen) atoms. The Labute approximate surface area is 185 Å². The minimum absolute atomic E-state index is 0.249. The number of ether oxygens (including phenoxy) is 1. The van der Waals surface area contributed by atoms with Gasteiger partial charge in [0.1, 0.15) is 12.4 Å². The lowest BCUT2D eigenvalue weighted by molar-refractivity contribution is -0.116. The van der Waals surface area contributed by atoms with Crippen LogP contribution in [-0.2, 0) is 28.0 Å². The molecule has 0 saturated heterocycles. The fraction of sp³-hybridized carbons (Fsp3) is 0.182. The molecule has 1 amide bonds. The maximum atomic E-state index is 12.1. The number of anilines is 1. The van der Waals surface area contributed by atoms with Crippen molar-refractivity contribution in [1.29, 1.82) is 0 Å². The lowest BCUT2D eigenvalue weighted by Crippen LogP contribution is -2.20. The second kappa shape index (κ2) is 10.2. The molecule has 0 unspecified atom stereocenters. The van der Waals surface area contributed by atoms with E-state index in [1.165, 1.54) is 6.08 Å². The molecule has 0 aliphatic rings. The Morgan fingerprint density at radius 3 is 2.65 bits per heavy atom. The van der Waals surface area contributed by atoms with Crippen LogP contribution in [0.25, 0.3) is 6.08 Å². The summed E-state index contributed by atoms with van der Waals surface area (Å²) in [6.07, 6.45) is 4.25. The Balaban J connectivity index is 1.48. The Kier molecular flexibility index (Phi) is 7.43. The van der Waals surface area contributed by atoms with Crippen molar-refractivity contribution < 1.29 is 17.9 Å². The van der Waals surface area contributed by atoms with E-state index in [0.717, 1.165) is 33.8 Å². The normalized spacial score (nSPS) is 11.4. The van der Waals surface area contributed by atoms with Crippen molar-refractivity contribution in [2.24, 2.45) is 0 Å². The number of hydrogen-bond donors (Lipinski definition) is 2. The van der Waals surface area contributed by atoms with Crippen LogP contribution in [0.5, 0.6) is 5.75 Å². The second-order valence-corrected chi connectivity index (χ2v) is 9.65. The van der Waals surface area contributed by atoms with Crippen molar-refractivity contribution in [2.45, 2.75) is 20.1 Å². The highest BCUT2D eigenvalue weighted by Gasteiger charge is 2.04. The Morgan fingerprint density at radius 1 is 1.19 bits per heavy atom. The van der Waals surface area contributed by atoms with Gasteiger partial charge in [-0.05, 0) is 48.4 Å². The van der Waals surface area contributed by atoms with Gasteiger partial charge in [-0.1, -0.05) is 24.3 Å².